The Kier molecular flexibility index (Phi) is 3.82. The number of hydrogen-bond acceptors (Lipinski definition) is 2. The van der Waals surface area contributed by atoms with Crippen LogP contribution in [0.2, 0.25) is 0 Å². The molecule has 1 N–H and O–H groups in total. The second kappa shape index (κ2) is 5.54. The fourth-order valence-corrected chi connectivity index (χ4v) is 1.59. The minimum absolute atomic E-state index is 0.168. The standard InChI is InChI=1S/C15H16FNO/c1-11(2)18-15-9-7-14(8-10-15)17-13-5-3-12(16)4-6-13/h3-11,17H,1-2H3. The van der Waals surface area contributed by atoms with E-state index in [9.17, 15) is 4.39 Å². The van der Waals surface area contributed by atoms with Crippen molar-refractivity contribution in [3.8, 4) is 5.75 Å². The molecule has 0 bridgehead atoms. The minimum Gasteiger partial charge on any atom is -0.491 e. The molecule has 2 aromatic carbocycles. The topological polar surface area (TPSA) is 21.3 Å². The molecule has 0 fully saturated rings. The third-order valence-corrected chi connectivity index (χ3v) is 2.36. The molecule has 18 heavy (non-hydrogen) atoms. The molecule has 0 saturated carbocycles. The summed E-state index contributed by atoms with van der Waals surface area (Å²) in [6, 6.07) is 13.9. The Bertz CT molecular complexity index is 491. The second-order valence-electron chi connectivity index (χ2n) is 4.32. The third-order valence-electron chi connectivity index (χ3n) is 2.36. The fraction of sp³-hybridized carbons (Fsp3) is 0.200. The lowest BCUT2D eigenvalue weighted by Crippen LogP contribution is -2.05. The number of halogens is 1. The Morgan fingerprint density at radius 2 is 1.39 bits per heavy atom. The molecule has 0 spiro atoms. The van der Waals surface area contributed by atoms with Gasteiger partial charge in [-0.2, -0.15) is 0 Å². The van der Waals surface area contributed by atoms with Crippen molar-refractivity contribution < 1.29 is 9.13 Å². The second-order valence-corrected chi connectivity index (χ2v) is 4.32. The van der Waals surface area contributed by atoms with E-state index in [4.69, 9.17) is 4.74 Å². The maximum absolute atomic E-state index is 12.8. The molecule has 2 rings (SSSR count). The number of anilines is 2. The summed E-state index contributed by atoms with van der Waals surface area (Å²) in [6.07, 6.45) is 0.168. The van der Waals surface area contributed by atoms with E-state index in [1.807, 2.05) is 38.1 Å². The summed E-state index contributed by atoms with van der Waals surface area (Å²) in [6.45, 7) is 3.98. The van der Waals surface area contributed by atoms with Gasteiger partial charge in [0.2, 0.25) is 0 Å². The molecule has 0 heterocycles. The van der Waals surface area contributed by atoms with E-state index in [0.717, 1.165) is 17.1 Å². The van der Waals surface area contributed by atoms with Crippen LogP contribution < -0.4 is 10.1 Å². The quantitative estimate of drug-likeness (QED) is 0.864. The molecule has 0 aromatic heterocycles. The van der Waals surface area contributed by atoms with E-state index in [1.54, 1.807) is 12.1 Å². The van der Waals surface area contributed by atoms with Gasteiger partial charge in [0.1, 0.15) is 11.6 Å². The van der Waals surface area contributed by atoms with Crippen LogP contribution in [0.25, 0.3) is 0 Å². The van der Waals surface area contributed by atoms with Crippen LogP contribution in [0.1, 0.15) is 13.8 Å². The zero-order valence-corrected chi connectivity index (χ0v) is 10.5. The number of hydrogen-bond donors (Lipinski definition) is 1. The molecule has 3 heteroatoms. The minimum atomic E-state index is -0.235. The van der Waals surface area contributed by atoms with Crippen LogP contribution in [0.5, 0.6) is 5.75 Å². The number of ether oxygens (including phenoxy) is 1. The van der Waals surface area contributed by atoms with Crippen LogP contribution in [0.4, 0.5) is 15.8 Å². The summed E-state index contributed by atoms with van der Waals surface area (Å²) < 4.78 is 18.3. The van der Waals surface area contributed by atoms with Crippen molar-refractivity contribution in [2.24, 2.45) is 0 Å². The van der Waals surface area contributed by atoms with Gasteiger partial charge in [-0.15, -0.1) is 0 Å². The summed E-state index contributed by atoms with van der Waals surface area (Å²) in [5.74, 6) is 0.607. The lowest BCUT2D eigenvalue weighted by atomic mass is 10.2. The average molecular weight is 245 g/mol. The summed E-state index contributed by atoms with van der Waals surface area (Å²) in [7, 11) is 0. The van der Waals surface area contributed by atoms with Crippen molar-refractivity contribution in [2.45, 2.75) is 20.0 Å². The van der Waals surface area contributed by atoms with Gasteiger partial charge < -0.3 is 10.1 Å². The smallest absolute Gasteiger partial charge is 0.123 e. The highest BCUT2D eigenvalue weighted by Crippen LogP contribution is 2.20. The van der Waals surface area contributed by atoms with E-state index in [-0.39, 0.29) is 11.9 Å². The SMILES string of the molecule is CC(C)Oc1ccc(Nc2ccc(F)cc2)cc1. The highest BCUT2D eigenvalue weighted by atomic mass is 19.1. The first kappa shape index (κ1) is 12.4. The van der Waals surface area contributed by atoms with E-state index in [2.05, 4.69) is 5.32 Å². The first-order valence-electron chi connectivity index (χ1n) is 5.93. The van der Waals surface area contributed by atoms with Gasteiger partial charge in [0.15, 0.2) is 0 Å². The fourth-order valence-electron chi connectivity index (χ4n) is 1.59. The largest absolute Gasteiger partial charge is 0.491 e. The van der Waals surface area contributed by atoms with Crippen molar-refractivity contribution in [1.82, 2.24) is 0 Å². The summed E-state index contributed by atoms with van der Waals surface area (Å²) in [5, 5.41) is 3.19. The summed E-state index contributed by atoms with van der Waals surface area (Å²) in [5.41, 5.74) is 1.80. The summed E-state index contributed by atoms with van der Waals surface area (Å²) >= 11 is 0. The number of nitrogens with one attached hydrogen (secondary N) is 1. The van der Waals surface area contributed by atoms with Crippen molar-refractivity contribution in [3.63, 3.8) is 0 Å². The van der Waals surface area contributed by atoms with Crippen LogP contribution >= 0.6 is 0 Å². The van der Waals surface area contributed by atoms with Crippen molar-refractivity contribution in [1.29, 1.82) is 0 Å². The lowest BCUT2D eigenvalue weighted by molar-refractivity contribution is 0.242. The predicted molar refractivity (Wildman–Crippen MR) is 71.9 cm³/mol. The number of benzene rings is 2. The van der Waals surface area contributed by atoms with Crippen LogP contribution in [0, 0.1) is 5.82 Å². The third kappa shape index (κ3) is 3.48. The zero-order chi connectivity index (χ0) is 13.0. The Labute approximate surface area is 106 Å². The van der Waals surface area contributed by atoms with Crippen LogP contribution in [-0.2, 0) is 0 Å². The Morgan fingerprint density at radius 1 is 0.889 bits per heavy atom. The van der Waals surface area contributed by atoms with Crippen molar-refractivity contribution in [2.75, 3.05) is 5.32 Å². The van der Waals surface area contributed by atoms with Gasteiger partial charge in [0.25, 0.3) is 0 Å². The molecule has 0 aliphatic heterocycles. The first-order chi connectivity index (χ1) is 8.63. The molecule has 94 valence electrons. The molecule has 0 atom stereocenters. The van der Waals surface area contributed by atoms with Crippen molar-refractivity contribution in [3.05, 3.63) is 54.3 Å². The van der Waals surface area contributed by atoms with Crippen LogP contribution in [0.15, 0.2) is 48.5 Å². The molecular formula is C15H16FNO. The van der Waals surface area contributed by atoms with Gasteiger partial charge >= 0.3 is 0 Å². The Balaban J connectivity index is 2.04. The summed E-state index contributed by atoms with van der Waals surface area (Å²) in [4.78, 5) is 0. The Hall–Kier alpha value is -2.03. The maximum atomic E-state index is 12.8. The molecule has 2 aromatic rings. The highest BCUT2D eigenvalue weighted by molar-refractivity contribution is 5.60. The van der Waals surface area contributed by atoms with Crippen LogP contribution in [0.3, 0.4) is 0 Å². The van der Waals surface area contributed by atoms with Gasteiger partial charge in [-0.25, -0.2) is 4.39 Å². The normalized spacial score (nSPS) is 10.4. The molecule has 0 radical (unpaired) electrons. The lowest BCUT2D eigenvalue weighted by Gasteiger charge is -2.11. The van der Waals surface area contributed by atoms with Gasteiger partial charge in [0.05, 0.1) is 6.10 Å². The van der Waals surface area contributed by atoms with Gasteiger partial charge in [-0.1, -0.05) is 0 Å². The first-order valence-corrected chi connectivity index (χ1v) is 5.93. The predicted octanol–water partition coefficient (Wildman–Crippen LogP) is 4.36. The molecule has 2 nitrogen and oxygen atoms in total. The molecule has 0 unspecified atom stereocenters. The Morgan fingerprint density at radius 3 is 1.89 bits per heavy atom. The highest BCUT2D eigenvalue weighted by Gasteiger charge is 1.99. The van der Waals surface area contributed by atoms with Gasteiger partial charge in [-0.05, 0) is 62.4 Å². The average Bonchev–Trinajstić information content (AvgIpc) is 2.34. The van der Waals surface area contributed by atoms with Gasteiger partial charge in [-0.3, -0.25) is 0 Å². The molecule has 0 amide bonds. The van der Waals surface area contributed by atoms with E-state index in [1.165, 1.54) is 12.1 Å². The van der Waals surface area contributed by atoms with Crippen molar-refractivity contribution >= 4 is 11.4 Å². The molecule has 0 aliphatic carbocycles. The monoisotopic (exact) mass is 245 g/mol. The van der Waals surface area contributed by atoms with E-state index < -0.39 is 0 Å². The molecule has 0 aliphatic rings. The van der Waals surface area contributed by atoms with Gasteiger partial charge in [0, 0.05) is 11.4 Å². The van der Waals surface area contributed by atoms with E-state index in [0.29, 0.717) is 0 Å². The number of rotatable bonds is 4. The van der Waals surface area contributed by atoms with Crippen LogP contribution in [-0.4, -0.2) is 6.10 Å². The molecular weight excluding hydrogens is 229 g/mol. The maximum Gasteiger partial charge on any atom is 0.123 e. The van der Waals surface area contributed by atoms with E-state index >= 15 is 0 Å². The molecule has 0 saturated heterocycles. The zero-order valence-electron chi connectivity index (χ0n) is 10.5.